The summed E-state index contributed by atoms with van der Waals surface area (Å²) >= 11 is 6.16. The minimum atomic E-state index is -0.392. The van der Waals surface area contributed by atoms with Crippen LogP contribution in [-0.2, 0) is 9.59 Å². The maximum absolute atomic E-state index is 12.8. The van der Waals surface area contributed by atoms with Crippen molar-refractivity contribution in [2.75, 3.05) is 50.0 Å². The standard InChI is InChI=1S/C18H25ClN4O2/c1-13(24)23-7-3-4-17(23)18(25)20-15-12-14(19)5-6-16(15)22-10-8-21(2)9-11-22/h5-6,12,17H,3-4,7-11H2,1-2H3,(H,20,25). The van der Waals surface area contributed by atoms with E-state index in [-0.39, 0.29) is 11.8 Å². The third-order valence-corrected chi connectivity index (χ3v) is 5.26. The van der Waals surface area contributed by atoms with E-state index in [1.54, 1.807) is 11.0 Å². The number of nitrogens with one attached hydrogen (secondary N) is 1. The highest BCUT2D eigenvalue weighted by Crippen LogP contribution is 2.31. The van der Waals surface area contributed by atoms with Crippen molar-refractivity contribution in [1.82, 2.24) is 9.80 Å². The van der Waals surface area contributed by atoms with Gasteiger partial charge in [0.05, 0.1) is 11.4 Å². The van der Waals surface area contributed by atoms with Gasteiger partial charge in [0, 0.05) is 44.7 Å². The summed E-state index contributed by atoms with van der Waals surface area (Å²) in [7, 11) is 2.11. The second-order valence-electron chi connectivity index (χ2n) is 6.81. The van der Waals surface area contributed by atoms with Gasteiger partial charge in [-0.3, -0.25) is 9.59 Å². The van der Waals surface area contributed by atoms with Crippen molar-refractivity contribution in [3.8, 4) is 0 Å². The molecular formula is C18H25ClN4O2. The SMILES string of the molecule is CC(=O)N1CCCC1C(=O)Nc1cc(Cl)ccc1N1CCN(C)CC1. The largest absolute Gasteiger partial charge is 0.367 e. The van der Waals surface area contributed by atoms with Gasteiger partial charge < -0.3 is 20.0 Å². The first-order valence-electron chi connectivity index (χ1n) is 8.77. The Bertz CT molecular complexity index is 658. The van der Waals surface area contributed by atoms with E-state index in [1.807, 2.05) is 12.1 Å². The molecule has 0 aromatic heterocycles. The maximum Gasteiger partial charge on any atom is 0.247 e. The lowest BCUT2D eigenvalue weighted by Crippen LogP contribution is -2.45. The van der Waals surface area contributed by atoms with Crippen LogP contribution in [-0.4, -0.2) is 67.4 Å². The molecule has 7 heteroatoms. The minimum absolute atomic E-state index is 0.0527. The van der Waals surface area contributed by atoms with Crippen molar-refractivity contribution in [3.05, 3.63) is 23.2 Å². The summed E-state index contributed by atoms with van der Waals surface area (Å²) in [5.74, 6) is -0.187. The molecule has 0 bridgehead atoms. The van der Waals surface area contributed by atoms with Gasteiger partial charge in [-0.15, -0.1) is 0 Å². The molecule has 1 N–H and O–H groups in total. The third-order valence-electron chi connectivity index (χ3n) is 5.02. The molecule has 2 heterocycles. The Labute approximate surface area is 153 Å². The van der Waals surface area contributed by atoms with Crippen LogP contribution in [0.4, 0.5) is 11.4 Å². The van der Waals surface area contributed by atoms with E-state index in [9.17, 15) is 9.59 Å². The van der Waals surface area contributed by atoms with E-state index in [0.717, 1.165) is 44.0 Å². The number of amides is 2. The first kappa shape index (κ1) is 18.0. The van der Waals surface area contributed by atoms with Gasteiger partial charge in [0.1, 0.15) is 6.04 Å². The minimum Gasteiger partial charge on any atom is -0.367 e. The second kappa shape index (κ2) is 7.62. The average molecular weight is 365 g/mol. The number of piperazine rings is 1. The van der Waals surface area contributed by atoms with Gasteiger partial charge in [-0.1, -0.05) is 11.6 Å². The Morgan fingerprint density at radius 2 is 1.88 bits per heavy atom. The quantitative estimate of drug-likeness (QED) is 0.891. The smallest absolute Gasteiger partial charge is 0.247 e. The lowest BCUT2D eigenvalue weighted by molar-refractivity contribution is -0.134. The second-order valence-corrected chi connectivity index (χ2v) is 7.25. The maximum atomic E-state index is 12.8. The summed E-state index contributed by atoms with van der Waals surface area (Å²) in [4.78, 5) is 30.7. The number of likely N-dealkylation sites (tertiary alicyclic amines) is 1. The Kier molecular flexibility index (Phi) is 5.49. The van der Waals surface area contributed by atoms with E-state index < -0.39 is 6.04 Å². The Hall–Kier alpha value is -1.79. The van der Waals surface area contributed by atoms with Crippen molar-refractivity contribution in [1.29, 1.82) is 0 Å². The summed E-state index contributed by atoms with van der Waals surface area (Å²) in [6.45, 7) is 5.94. The fraction of sp³-hybridized carbons (Fsp3) is 0.556. The van der Waals surface area contributed by atoms with Crippen LogP contribution in [0.1, 0.15) is 19.8 Å². The fourth-order valence-corrected chi connectivity index (χ4v) is 3.74. The number of carbonyl (C=O) groups is 2. The lowest BCUT2D eigenvalue weighted by atomic mass is 10.1. The number of carbonyl (C=O) groups excluding carboxylic acids is 2. The number of anilines is 2. The molecule has 6 nitrogen and oxygen atoms in total. The van der Waals surface area contributed by atoms with Crippen molar-refractivity contribution < 1.29 is 9.59 Å². The van der Waals surface area contributed by atoms with Gasteiger partial charge in [0.25, 0.3) is 0 Å². The van der Waals surface area contributed by atoms with E-state index in [2.05, 4.69) is 22.2 Å². The molecule has 2 saturated heterocycles. The van der Waals surface area contributed by atoms with Crippen LogP contribution in [0.2, 0.25) is 5.02 Å². The van der Waals surface area contributed by atoms with Crippen molar-refractivity contribution in [2.45, 2.75) is 25.8 Å². The Morgan fingerprint density at radius 1 is 1.16 bits per heavy atom. The number of halogens is 1. The Morgan fingerprint density at radius 3 is 2.56 bits per heavy atom. The van der Waals surface area contributed by atoms with Crippen LogP contribution in [0, 0.1) is 0 Å². The molecule has 1 unspecified atom stereocenters. The molecule has 0 saturated carbocycles. The van der Waals surface area contributed by atoms with Crippen LogP contribution in [0.25, 0.3) is 0 Å². The molecule has 1 aromatic rings. The summed E-state index contributed by atoms with van der Waals surface area (Å²) in [6.07, 6.45) is 1.56. The zero-order chi connectivity index (χ0) is 18.0. The molecule has 0 radical (unpaired) electrons. The van der Waals surface area contributed by atoms with Crippen LogP contribution in [0.3, 0.4) is 0 Å². The molecule has 1 atom stereocenters. The van der Waals surface area contributed by atoms with Gasteiger partial charge >= 0.3 is 0 Å². The van der Waals surface area contributed by atoms with Crippen molar-refractivity contribution in [2.24, 2.45) is 0 Å². The molecular weight excluding hydrogens is 340 g/mol. The summed E-state index contributed by atoms with van der Waals surface area (Å²) < 4.78 is 0. The van der Waals surface area contributed by atoms with Gasteiger partial charge in [0.15, 0.2) is 0 Å². The fourth-order valence-electron chi connectivity index (χ4n) is 3.56. The highest BCUT2D eigenvalue weighted by Gasteiger charge is 2.33. The molecule has 2 aliphatic heterocycles. The van der Waals surface area contributed by atoms with E-state index >= 15 is 0 Å². The van der Waals surface area contributed by atoms with E-state index in [4.69, 9.17) is 11.6 Å². The van der Waals surface area contributed by atoms with Crippen LogP contribution >= 0.6 is 11.6 Å². The predicted octanol–water partition coefficient (Wildman–Crippen LogP) is 2.04. The van der Waals surface area contributed by atoms with Crippen LogP contribution in [0.5, 0.6) is 0 Å². The Balaban J connectivity index is 1.78. The first-order valence-corrected chi connectivity index (χ1v) is 9.14. The van der Waals surface area contributed by atoms with Gasteiger partial charge in [-0.25, -0.2) is 0 Å². The number of hydrogen-bond acceptors (Lipinski definition) is 4. The molecule has 2 amide bonds. The average Bonchev–Trinajstić information content (AvgIpc) is 3.06. The van der Waals surface area contributed by atoms with Crippen LogP contribution < -0.4 is 10.2 Å². The molecule has 2 fully saturated rings. The molecule has 0 spiro atoms. The number of rotatable bonds is 3. The molecule has 136 valence electrons. The molecule has 25 heavy (non-hydrogen) atoms. The highest BCUT2D eigenvalue weighted by atomic mass is 35.5. The third kappa shape index (κ3) is 4.07. The number of benzene rings is 1. The van der Waals surface area contributed by atoms with E-state index in [0.29, 0.717) is 18.0 Å². The summed E-state index contributed by atoms with van der Waals surface area (Å²) in [6, 6.07) is 5.21. The topological polar surface area (TPSA) is 55.9 Å². The molecule has 2 aliphatic rings. The molecule has 1 aromatic carbocycles. The lowest BCUT2D eigenvalue weighted by Gasteiger charge is -2.35. The van der Waals surface area contributed by atoms with Gasteiger partial charge in [-0.05, 0) is 38.1 Å². The zero-order valence-electron chi connectivity index (χ0n) is 14.8. The van der Waals surface area contributed by atoms with E-state index in [1.165, 1.54) is 6.92 Å². The van der Waals surface area contributed by atoms with Crippen molar-refractivity contribution >= 4 is 34.8 Å². The number of hydrogen-bond donors (Lipinski definition) is 1. The zero-order valence-corrected chi connectivity index (χ0v) is 15.6. The monoisotopic (exact) mass is 364 g/mol. The molecule has 0 aliphatic carbocycles. The van der Waals surface area contributed by atoms with Gasteiger partial charge in [-0.2, -0.15) is 0 Å². The normalized spacial score (nSPS) is 21.5. The van der Waals surface area contributed by atoms with Gasteiger partial charge in [0.2, 0.25) is 11.8 Å². The van der Waals surface area contributed by atoms with Crippen LogP contribution in [0.15, 0.2) is 18.2 Å². The van der Waals surface area contributed by atoms with Crippen molar-refractivity contribution in [3.63, 3.8) is 0 Å². The number of likely N-dealkylation sites (N-methyl/N-ethyl adjacent to an activating group) is 1. The first-order chi connectivity index (χ1) is 12.0. The highest BCUT2D eigenvalue weighted by molar-refractivity contribution is 6.31. The molecule has 3 rings (SSSR count). The predicted molar refractivity (Wildman–Crippen MR) is 100 cm³/mol. The summed E-state index contributed by atoms with van der Waals surface area (Å²) in [5, 5.41) is 3.60. The summed E-state index contributed by atoms with van der Waals surface area (Å²) in [5.41, 5.74) is 1.70. The number of nitrogens with zero attached hydrogens (tertiary/aromatic N) is 3.